The summed E-state index contributed by atoms with van der Waals surface area (Å²) in [5.41, 5.74) is 4.71. The lowest BCUT2D eigenvalue weighted by molar-refractivity contribution is -0.161. The van der Waals surface area contributed by atoms with Crippen molar-refractivity contribution in [1.82, 2.24) is 0 Å². The molecule has 0 aliphatic heterocycles. The third-order valence-corrected chi connectivity index (χ3v) is 5.53. The van der Waals surface area contributed by atoms with E-state index in [4.69, 9.17) is 10.5 Å². The first kappa shape index (κ1) is 11.0. The molecule has 3 unspecified atom stereocenters. The van der Waals surface area contributed by atoms with Crippen LogP contribution >= 0.6 is 0 Å². The normalized spacial score (nSPS) is 47.4. The minimum atomic E-state index is -0.999. The Labute approximate surface area is 99.3 Å². The number of rotatable bonds is 3. The molecule has 0 aromatic heterocycles. The van der Waals surface area contributed by atoms with Gasteiger partial charge in [-0.15, -0.1) is 0 Å². The van der Waals surface area contributed by atoms with Crippen molar-refractivity contribution in [2.45, 2.75) is 31.7 Å². The van der Waals surface area contributed by atoms with Crippen LogP contribution in [0.4, 0.5) is 0 Å². The van der Waals surface area contributed by atoms with Crippen LogP contribution in [0.25, 0.3) is 0 Å². The van der Waals surface area contributed by atoms with Gasteiger partial charge in [-0.2, -0.15) is 0 Å². The number of carbonyl (C=O) groups excluding carboxylic acids is 1. The van der Waals surface area contributed by atoms with E-state index in [1.807, 2.05) is 0 Å². The van der Waals surface area contributed by atoms with Crippen molar-refractivity contribution in [3.63, 3.8) is 0 Å². The highest BCUT2D eigenvalue weighted by atomic mass is 16.5. The molecule has 0 spiro atoms. The van der Waals surface area contributed by atoms with Gasteiger partial charge in [0.05, 0.1) is 12.5 Å². The molecule has 5 heteroatoms. The number of hydrogen-bond donors (Lipinski definition) is 2. The van der Waals surface area contributed by atoms with Gasteiger partial charge in [-0.1, -0.05) is 0 Å². The van der Waals surface area contributed by atoms with Gasteiger partial charge in [-0.3, -0.25) is 9.59 Å². The Hall–Kier alpha value is -1.10. The molecule has 4 aliphatic carbocycles. The standard InChI is InChI=1S/C12H17NO4/c1-17-10(16)12-4-6-2-11(12,3-7(6)5-12)8(13)9(14)15/h6-8H,2-5,13H2,1H3,(H,14,15). The van der Waals surface area contributed by atoms with Crippen molar-refractivity contribution in [2.75, 3.05) is 7.11 Å². The van der Waals surface area contributed by atoms with E-state index in [1.54, 1.807) is 0 Å². The van der Waals surface area contributed by atoms with E-state index in [0.29, 0.717) is 11.8 Å². The molecule has 0 heterocycles. The van der Waals surface area contributed by atoms with Crippen LogP contribution in [0.1, 0.15) is 25.7 Å². The molecule has 4 aliphatic rings. The van der Waals surface area contributed by atoms with Gasteiger partial charge >= 0.3 is 11.9 Å². The lowest BCUT2D eigenvalue weighted by atomic mass is 9.64. The smallest absolute Gasteiger partial charge is 0.321 e. The van der Waals surface area contributed by atoms with Gasteiger partial charge in [0.1, 0.15) is 6.04 Å². The number of hydrogen-bond acceptors (Lipinski definition) is 4. The number of carbonyl (C=O) groups is 2. The average Bonchev–Trinajstić information content (AvgIpc) is 2.97. The molecule has 17 heavy (non-hydrogen) atoms. The highest BCUT2D eigenvalue weighted by molar-refractivity contribution is 5.84. The quantitative estimate of drug-likeness (QED) is 0.695. The summed E-state index contributed by atoms with van der Waals surface area (Å²) in [6, 6.07) is -0.945. The Morgan fingerprint density at radius 3 is 2.24 bits per heavy atom. The van der Waals surface area contributed by atoms with Gasteiger partial charge in [0.15, 0.2) is 0 Å². The summed E-state index contributed by atoms with van der Waals surface area (Å²) in [4.78, 5) is 23.3. The molecule has 5 nitrogen and oxygen atoms in total. The van der Waals surface area contributed by atoms with E-state index >= 15 is 0 Å². The zero-order chi connectivity index (χ0) is 12.4. The van der Waals surface area contributed by atoms with E-state index in [0.717, 1.165) is 25.7 Å². The van der Waals surface area contributed by atoms with E-state index in [2.05, 4.69) is 0 Å². The maximum atomic E-state index is 12.1. The predicted octanol–water partition coefficient (Wildman–Crippen LogP) is 0.378. The molecule has 0 aromatic carbocycles. The number of esters is 1. The molecule has 0 aromatic rings. The summed E-state index contributed by atoms with van der Waals surface area (Å²) in [7, 11) is 1.38. The molecule has 3 atom stereocenters. The van der Waals surface area contributed by atoms with Crippen molar-refractivity contribution < 1.29 is 19.4 Å². The molecule has 3 N–H and O–H groups in total. The molecular weight excluding hydrogens is 222 g/mol. The van der Waals surface area contributed by atoms with Crippen LogP contribution in [-0.4, -0.2) is 30.2 Å². The number of aliphatic carboxylic acids is 1. The summed E-state index contributed by atoms with van der Waals surface area (Å²) in [6.45, 7) is 0. The highest BCUT2D eigenvalue weighted by Gasteiger charge is 2.77. The van der Waals surface area contributed by atoms with E-state index < -0.39 is 22.8 Å². The van der Waals surface area contributed by atoms with Gasteiger partial charge < -0.3 is 15.6 Å². The molecule has 0 amide bonds. The monoisotopic (exact) mass is 239 g/mol. The van der Waals surface area contributed by atoms with Crippen LogP contribution in [0.3, 0.4) is 0 Å². The molecule has 4 saturated carbocycles. The minimum Gasteiger partial charge on any atom is -0.480 e. The third kappa shape index (κ3) is 0.996. The van der Waals surface area contributed by atoms with E-state index in [-0.39, 0.29) is 5.97 Å². The number of carboxylic acids is 1. The first-order valence-electron chi connectivity index (χ1n) is 6.04. The Morgan fingerprint density at radius 1 is 1.29 bits per heavy atom. The van der Waals surface area contributed by atoms with Crippen LogP contribution in [-0.2, 0) is 14.3 Å². The highest BCUT2D eigenvalue weighted by Crippen LogP contribution is 2.77. The summed E-state index contributed by atoms with van der Waals surface area (Å²) in [6.07, 6.45) is 3.09. The fraction of sp³-hybridized carbons (Fsp3) is 0.833. The third-order valence-electron chi connectivity index (χ3n) is 5.53. The topological polar surface area (TPSA) is 89.6 Å². The largest absolute Gasteiger partial charge is 0.480 e. The molecule has 0 saturated heterocycles. The van der Waals surface area contributed by atoms with Crippen LogP contribution in [0.15, 0.2) is 0 Å². The lowest BCUT2D eigenvalue weighted by Gasteiger charge is -2.40. The van der Waals surface area contributed by atoms with Crippen LogP contribution < -0.4 is 5.73 Å². The van der Waals surface area contributed by atoms with Crippen LogP contribution in [0, 0.1) is 22.7 Å². The summed E-state index contributed by atoms with van der Waals surface area (Å²) >= 11 is 0. The molecule has 4 rings (SSSR count). The first-order valence-corrected chi connectivity index (χ1v) is 6.04. The van der Waals surface area contributed by atoms with Gasteiger partial charge in [0.2, 0.25) is 0 Å². The van der Waals surface area contributed by atoms with Crippen molar-refractivity contribution in [2.24, 2.45) is 28.4 Å². The van der Waals surface area contributed by atoms with Crippen molar-refractivity contribution >= 4 is 11.9 Å². The molecule has 4 fully saturated rings. The Kier molecular flexibility index (Phi) is 1.95. The number of methoxy groups -OCH3 is 1. The molecular formula is C12H17NO4. The van der Waals surface area contributed by atoms with Gasteiger partial charge in [-0.25, -0.2) is 0 Å². The first-order chi connectivity index (χ1) is 7.97. The van der Waals surface area contributed by atoms with Gasteiger partial charge in [-0.05, 0) is 37.5 Å². The van der Waals surface area contributed by atoms with Crippen LogP contribution in [0.5, 0.6) is 0 Å². The Balaban J connectivity index is 2.05. The summed E-state index contributed by atoms with van der Waals surface area (Å²) in [5.74, 6) is -0.308. The second kappa shape index (κ2) is 3.02. The summed E-state index contributed by atoms with van der Waals surface area (Å²) < 4.78 is 4.92. The zero-order valence-corrected chi connectivity index (χ0v) is 9.81. The van der Waals surface area contributed by atoms with Crippen LogP contribution in [0.2, 0.25) is 0 Å². The second-order valence-corrected chi connectivity index (χ2v) is 5.88. The van der Waals surface area contributed by atoms with Crippen molar-refractivity contribution in [1.29, 1.82) is 0 Å². The second-order valence-electron chi connectivity index (χ2n) is 5.88. The summed E-state index contributed by atoms with van der Waals surface area (Å²) in [5, 5.41) is 9.19. The van der Waals surface area contributed by atoms with Crippen molar-refractivity contribution in [3.05, 3.63) is 0 Å². The van der Waals surface area contributed by atoms with Gasteiger partial charge in [0, 0.05) is 5.41 Å². The molecule has 0 radical (unpaired) electrons. The maximum absolute atomic E-state index is 12.1. The number of ether oxygens (including phenoxy) is 1. The fourth-order valence-electron chi connectivity index (χ4n) is 4.96. The fourth-order valence-corrected chi connectivity index (χ4v) is 4.96. The average molecular weight is 239 g/mol. The molecule has 94 valence electrons. The Bertz CT molecular complexity index is 391. The number of carboxylic acid groups (broad SMARTS) is 1. The minimum absolute atomic E-state index is 0.253. The number of nitrogens with two attached hydrogens (primary N) is 1. The molecule has 4 bridgehead atoms. The van der Waals surface area contributed by atoms with E-state index in [9.17, 15) is 14.7 Å². The zero-order valence-electron chi connectivity index (χ0n) is 9.81. The SMILES string of the molecule is COC(=O)C12CC3CC1(C(N)C(=O)O)CC3C2. The lowest BCUT2D eigenvalue weighted by Crippen LogP contribution is -2.54. The van der Waals surface area contributed by atoms with Gasteiger partial charge in [0.25, 0.3) is 0 Å². The van der Waals surface area contributed by atoms with Crippen molar-refractivity contribution in [3.8, 4) is 0 Å². The van der Waals surface area contributed by atoms with E-state index in [1.165, 1.54) is 7.11 Å². The Morgan fingerprint density at radius 2 is 1.82 bits per heavy atom. The maximum Gasteiger partial charge on any atom is 0.321 e. The predicted molar refractivity (Wildman–Crippen MR) is 57.9 cm³/mol.